The molecule has 0 aliphatic carbocycles. The molecule has 0 saturated heterocycles. The summed E-state index contributed by atoms with van der Waals surface area (Å²) >= 11 is 0. The van der Waals surface area contributed by atoms with Crippen LogP contribution in [-0.4, -0.2) is 30.8 Å². The minimum atomic E-state index is -0.388. The Balaban J connectivity index is 4.29. The van der Waals surface area contributed by atoms with Crippen molar-refractivity contribution in [3.05, 3.63) is 0 Å². The maximum absolute atomic E-state index is 11.9. The minimum absolute atomic E-state index is 0.0731. The molecule has 0 rings (SSSR count). The number of ketones is 1. The van der Waals surface area contributed by atoms with Crippen molar-refractivity contribution >= 4 is 11.7 Å². The van der Waals surface area contributed by atoms with Gasteiger partial charge in [-0.05, 0) is 25.8 Å². The molecule has 17 heavy (non-hydrogen) atoms. The molecule has 0 aromatic rings. The molecule has 5 N–H and O–H groups in total. The van der Waals surface area contributed by atoms with Gasteiger partial charge >= 0.3 is 0 Å². The topological polar surface area (TPSA) is 98.2 Å². The van der Waals surface area contributed by atoms with Crippen LogP contribution in [0.5, 0.6) is 0 Å². The van der Waals surface area contributed by atoms with E-state index in [-0.39, 0.29) is 30.1 Å². The van der Waals surface area contributed by atoms with Gasteiger partial charge in [0, 0.05) is 18.9 Å². The molecular weight excluding hydrogens is 218 g/mol. The van der Waals surface area contributed by atoms with Gasteiger partial charge in [0.25, 0.3) is 0 Å². The van der Waals surface area contributed by atoms with Crippen LogP contribution in [0, 0.1) is 5.92 Å². The Labute approximate surface area is 103 Å². The fraction of sp³-hybridized carbons (Fsp3) is 0.833. The second kappa shape index (κ2) is 9.13. The molecular formula is C12H25N3O2. The van der Waals surface area contributed by atoms with Gasteiger partial charge in [-0.1, -0.05) is 13.8 Å². The van der Waals surface area contributed by atoms with Crippen molar-refractivity contribution in [3.8, 4) is 0 Å². The van der Waals surface area contributed by atoms with Crippen LogP contribution in [0.2, 0.25) is 0 Å². The maximum Gasteiger partial charge on any atom is 0.221 e. The van der Waals surface area contributed by atoms with E-state index in [1.807, 2.05) is 13.8 Å². The van der Waals surface area contributed by atoms with E-state index >= 15 is 0 Å². The molecule has 1 unspecified atom stereocenters. The fourth-order valence-corrected chi connectivity index (χ4v) is 1.58. The molecule has 0 bridgehead atoms. The number of rotatable bonds is 9. The van der Waals surface area contributed by atoms with Crippen LogP contribution in [0.25, 0.3) is 0 Å². The van der Waals surface area contributed by atoms with E-state index in [1.54, 1.807) is 0 Å². The average Bonchev–Trinajstić information content (AvgIpc) is 2.27. The highest BCUT2D eigenvalue weighted by Gasteiger charge is 2.22. The monoisotopic (exact) mass is 243 g/mol. The number of nitrogens with one attached hydrogen (secondary N) is 1. The highest BCUT2D eigenvalue weighted by atomic mass is 16.2. The van der Waals surface area contributed by atoms with Gasteiger partial charge < -0.3 is 16.8 Å². The van der Waals surface area contributed by atoms with Crippen LogP contribution >= 0.6 is 0 Å². The molecule has 5 nitrogen and oxygen atoms in total. The molecule has 100 valence electrons. The van der Waals surface area contributed by atoms with Crippen molar-refractivity contribution in [2.75, 3.05) is 13.1 Å². The smallest absolute Gasteiger partial charge is 0.221 e. The first-order chi connectivity index (χ1) is 8.02. The molecule has 0 aromatic carbocycles. The molecule has 0 saturated carbocycles. The first-order valence-electron chi connectivity index (χ1n) is 6.26. The van der Waals surface area contributed by atoms with Gasteiger partial charge in [-0.3, -0.25) is 9.59 Å². The van der Waals surface area contributed by atoms with Crippen LogP contribution in [0.4, 0.5) is 0 Å². The summed E-state index contributed by atoms with van der Waals surface area (Å²) in [5.74, 6) is -0.150. The lowest BCUT2D eigenvalue weighted by atomic mass is 9.97. The Kier molecular flexibility index (Phi) is 8.62. The zero-order chi connectivity index (χ0) is 13.3. The van der Waals surface area contributed by atoms with Gasteiger partial charge in [0.05, 0.1) is 6.04 Å². The molecule has 0 aliphatic heterocycles. The largest absolute Gasteiger partial charge is 0.346 e. The molecule has 5 heteroatoms. The third-order valence-electron chi connectivity index (χ3n) is 2.57. The van der Waals surface area contributed by atoms with E-state index in [0.29, 0.717) is 19.5 Å². The normalized spacial score (nSPS) is 12.5. The number of nitrogens with two attached hydrogens (primary N) is 2. The van der Waals surface area contributed by atoms with E-state index in [0.717, 1.165) is 12.8 Å². The van der Waals surface area contributed by atoms with Gasteiger partial charge in [0.2, 0.25) is 5.91 Å². The number of carbonyl (C=O) groups is 2. The number of Topliss-reactive ketones (excluding diaryl/α,β-unsaturated/α-hetero) is 1. The van der Waals surface area contributed by atoms with Crippen molar-refractivity contribution < 1.29 is 9.59 Å². The van der Waals surface area contributed by atoms with E-state index in [1.165, 1.54) is 0 Å². The third kappa shape index (κ3) is 7.07. The highest BCUT2D eigenvalue weighted by Crippen LogP contribution is 2.07. The first kappa shape index (κ1) is 16.1. The molecule has 1 atom stereocenters. The summed E-state index contributed by atoms with van der Waals surface area (Å²) in [5.41, 5.74) is 10.7. The summed E-state index contributed by atoms with van der Waals surface area (Å²) in [5, 5.41) is 2.75. The Morgan fingerprint density at radius 3 is 2.24 bits per heavy atom. The van der Waals surface area contributed by atoms with E-state index in [4.69, 9.17) is 11.5 Å². The van der Waals surface area contributed by atoms with Gasteiger partial charge in [-0.2, -0.15) is 0 Å². The number of amides is 1. The summed E-state index contributed by atoms with van der Waals surface area (Å²) in [7, 11) is 0. The summed E-state index contributed by atoms with van der Waals surface area (Å²) < 4.78 is 0. The second-order valence-electron chi connectivity index (χ2n) is 4.50. The number of hydrogen-bond donors (Lipinski definition) is 3. The van der Waals surface area contributed by atoms with Crippen LogP contribution in [0.15, 0.2) is 0 Å². The lowest BCUT2D eigenvalue weighted by Crippen LogP contribution is -2.43. The Hall–Kier alpha value is -0.940. The molecule has 0 spiro atoms. The quantitative estimate of drug-likeness (QED) is 0.503. The highest BCUT2D eigenvalue weighted by molar-refractivity contribution is 5.90. The second-order valence-corrected chi connectivity index (χ2v) is 4.50. The zero-order valence-electron chi connectivity index (χ0n) is 10.9. The number of hydrogen-bond acceptors (Lipinski definition) is 4. The molecule has 0 fully saturated rings. The average molecular weight is 243 g/mol. The SMILES string of the molecule is CC(C)C(=O)C(CCCCN)NC(=O)CCN. The van der Waals surface area contributed by atoms with Crippen molar-refractivity contribution in [2.45, 2.75) is 45.6 Å². The first-order valence-corrected chi connectivity index (χ1v) is 6.26. The molecule has 0 aliphatic rings. The van der Waals surface area contributed by atoms with Crippen molar-refractivity contribution in [2.24, 2.45) is 17.4 Å². The Morgan fingerprint density at radius 2 is 1.76 bits per heavy atom. The summed E-state index contributed by atoms with van der Waals surface area (Å²) in [4.78, 5) is 23.3. The molecule has 0 radical (unpaired) electrons. The third-order valence-corrected chi connectivity index (χ3v) is 2.57. The fourth-order valence-electron chi connectivity index (χ4n) is 1.58. The zero-order valence-corrected chi connectivity index (χ0v) is 10.9. The number of carbonyl (C=O) groups excluding carboxylic acids is 2. The van der Waals surface area contributed by atoms with E-state index in [2.05, 4.69) is 5.32 Å². The lowest BCUT2D eigenvalue weighted by molar-refractivity contribution is -0.129. The Morgan fingerprint density at radius 1 is 1.12 bits per heavy atom. The minimum Gasteiger partial charge on any atom is -0.346 e. The van der Waals surface area contributed by atoms with Gasteiger partial charge in [0.1, 0.15) is 0 Å². The standard InChI is InChI=1S/C12H25N3O2/c1-9(2)12(17)10(5-3-4-7-13)15-11(16)6-8-14/h9-10H,3-8,13-14H2,1-2H3,(H,15,16). The number of unbranched alkanes of at least 4 members (excludes halogenated alkanes) is 1. The van der Waals surface area contributed by atoms with E-state index < -0.39 is 0 Å². The van der Waals surface area contributed by atoms with E-state index in [9.17, 15) is 9.59 Å². The summed E-state index contributed by atoms with van der Waals surface area (Å²) in [6.07, 6.45) is 2.64. The predicted molar refractivity (Wildman–Crippen MR) is 68.4 cm³/mol. The molecule has 0 heterocycles. The maximum atomic E-state index is 11.9. The van der Waals surface area contributed by atoms with Gasteiger partial charge in [0.15, 0.2) is 5.78 Å². The molecule has 1 amide bonds. The van der Waals surface area contributed by atoms with Gasteiger partial charge in [-0.15, -0.1) is 0 Å². The Bertz CT molecular complexity index is 242. The van der Waals surface area contributed by atoms with Crippen molar-refractivity contribution in [3.63, 3.8) is 0 Å². The summed E-state index contributed by atoms with van der Waals surface area (Å²) in [6, 6.07) is -0.388. The summed E-state index contributed by atoms with van der Waals surface area (Å²) in [6.45, 7) is 4.59. The predicted octanol–water partition coefficient (Wildman–Crippen LogP) is 0.174. The van der Waals surface area contributed by atoms with Crippen LogP contribution in [0.3, 0.4) is 0 Å². The van der Waals surface area contributed by atoms with Crippen molar-refractivity contribution in [1.29, 1.82) is 0 Å². The molecule has 0 aromatic heterocycles. The van der Waals surface area contributed by atoms with Crippen LogP contribution in [-0.2, 0) is 9.59 Å². The van der Waals surface area contributed by atoms with Crippen LogP contribution in [0.1, 0.15) is 39.5 Å². The lowest BCUT2D eigenvalue weighted by Gasteiger charge is -2.19. The van der Waals surface area contributed by atoms with Gasteiger partial charge in [-0.25, -0.2) is 0 Å². The van der Waals surface area contributed by atoms with Crippen LogP contribution < -0.4 is 16.8 Å². The van der Waals surface area contributed by atoms with Crippen molar-refractivity contribution in [1.82, 2.24) is 5.32 Å².